The second kappa shape index (κ2) is 5.24. The van der Waals surface area contributed by atoms with Crippen molar-refractivity contribution < 1.29 is 0 Å². The van der Waals surface area contributed by atoms with E-state index in [4.69, 9.17) is 5.73 Å². The smallest absolute Gasteiger partial charge is 0.117 e. The molecule has 1 fully saturated rings. The van der Waals surface area contributed by atoms with Gasteiger partial charge in [-0.15, -0.1) is 0 Å². The number of anilines is 1. The van der Waals surface area contributed by atoms with Crippen LogP contribution in [0.2, 0.25) is 0 Å². The van der Waals surface area contributed by atoms with Gasteiger partial charge in [-0.1, -0.05) is 25.0 Å². The summed E-state index contributed by atoms with van der Waals surface area (Å²) in [6.07, 6.45) is 5.33. The van der Waals surface area contributed by atoms with E-state index < -0.39 is 0 Å². The van der Waals surface area contributed by atoms with Gasteiger partial charge in [0.2, 0.25) is 0 Å². The standard InChI is InChI=1S/C14H19N3S/c15-9-13(10-5-1-2-6-10)16-14-11-7-3-4-8-12(11)17-18-14/h3-4,7-8,10,13,16H,1-2,5-6,9,15H2. The number of fused-ring (bicyclic) bond motifs is 1. The molecule has 0 saturated heterocycles. The van der Waals surface area contributed by atoms with E-state index in [2.05, 4.69) is 27.9 Å². The molecule has 1 heterocycles. The van der Waals surface area contributed by atoms with Crippen molar-refractivity contribution in [1.82, 2.24) is 4.37 Å². The SMILES string of the molecule is NCC(Nc1snc2ccccc12)C1CCCC1. The molecule has 1 aliphatic rings. The van der Waals surface area contributed by atoms with Crippen LogP contribution in [0.4, 0.5) is 5.00 Å². The Morgan fingerprint density at radius 2 is 2.11 bits per heavy atom. The Bertz CT molecular complexity index is 516. The highest BCUT2D eigenvalue weighted by Crippen LogP contribution is 2.32. The van der Waals surface area contributed by atoms with Crippen LogP contribution in [0.1, 0.15) is 25.7 Å². The fraction of sp³-hybridized carbons (Fsp3) is 0.500. The number of hydrogen-bond donors (Lipinski definition) is 2. The minimum atomic E-state index is 0.399. The Kier molecular flexibility index (Phi) is 3.48. The first-order valence-electron chi connectivity index (χ1n) is 6.69. The third-order valence-corrected chi connectivity index (χ3v) is 4.73. The second-order valence-corrected chi connectivity index (χ2v) is 5.83. The largest absolute Gasteiger partial charge is 0.371 e. The lowest BCUT2D eigenvalue weighted by molar-refractivity contribution is 0.463. The van der Waals surface area contributed by atoms with Crippen LogP contribution in [0.15, 0.2) is 24.3 Å². The van der Waals surface area contributed by atoms with Crippen molar-refractivity contribution in [3.8, 4) is 0 Å². The molecular weight excluding hydrogens is 242 g/mol. The van der Waals surface area contributed by atoms with Gasteiger partial charge in [0.15, 0.2) is 0 Å². The van der Waals surface area contributed by atoms with E-state index >= 15 is 0 Å². The van der Waals surface area contributed by atoms with E-state index in [0.717, 1.165) is 11.4 Å². The first-order valence-corrected chi connectivity index (χ1v) is 7.47. The maximum absolute atomic E-state index is 5.93. The number of rotatable bonds is 4. The van der Waals surface area contributed by atoms with Gasteiger partial charge in [-0.25, -0.2) is 0 Å². The van der Waals surface area contributed by atoms with Crippen molar-refractivity contribution in [3.63, 3.8) is 0 Å². The van der Waals surface area contributed by atoms with Gasteiger partial charge in [-0.05, 0) is 42.4 Å². The molecule has 0 radical (unpaired) electrons. The minimum absolute atomic E-state index is 0.399. The Balaban J connectivity index is 1.81. The molecule has 3 nitrogen and oxygen atoms in total. The second-order valence-electron chi connectivity index (χ2n) is 5.06. The maximum Gasteiger partial charge on any atom is 0.117 e. The zero-order chi connectivity index (χ0) is 12.4. The summed E-state index contributed by atoms with van der Waals surface area (Å²) in [5.74, 6) is 0.732. The van der Waals surface area contributed by atoms with Crippen molar-refractivity contribution in [1.29, 1.82) is 0 Å². The summed E-state index contributed by atoms with van der Waals surface area (Å²) in [4.78, 5) is 0. The third kappa shape index (κ3) is 2.22. The maximum atomic E-state index is 5.93. The fourth-order valence-electron chi connectivity index (χ4n) is 2.89. The van der Waals surface area contributed by atoms with Gasteiger partial charge < -0.3 is 11.1 Å². The monoisotopic (exact) mass is 261 g/mol. The highest BCUT2D eigenvalue weighted by Gasteiger charge is 2.24. The molecule has 1 aromatic carbocycles. The lowest BCUT2D eigenvalue weighted by Crippen LogP contribution is -2.34. The Labute approximate surface area is 112 Å². The predicted molar refractivity (Wildman–Crippen MR) is 78.0 cm³/mol. The number of nitrogens with two attached hydrogens (primary N) is 1. The van der Waals surface area contributed by atoms with E-state index in [-0.39, 0.29) is 0 Å². The molecule has 1 aromatic heterocycles. The van der Waals surface area contributed by atoms with Crippen LogP contribution in [0.3, 0.4) is 0 Å². The zero-order valence-electron chi connectivity index (χ0n) is 10.4. The molecule has 18 heavy (non-hydrogen) atoms. The van der Waals surface area contributed by atoms with E-state index in [0.29, 0.717) is 12.6 Å². The van der Waals surface area contributed by atoms with Crippen LogP contribution in [0.25, 0.3) is 10.9 Å². The van der Waals surface area contributed by atoms with Gasteiger partial charge in [0.1, 0.15) is 5.00 Å². The van der Waals surface area contributed by atoms with Crippen molar-refractivity contribution in [2.75, 3.05) is 11.9 Å². The molecule has 1 atom stereocenters. The quantitative estimate of drug-likeness (QED) is 0.888. The van der Waals surface area contributed by atoms with Crippen molar-refractivity contribution in [2.45, 2.75) is 31.7 Å². The Morgan fingerprint density at radius 1 is 1.33 bits per heavy atom. The van der Waals surface area contributed by atoms with Gasteiger partial charge in [-0.2, -0.15) is 4.37 Å². The Morgan fingerprint density at radius 3 is 2.89 bits per heavy atom. The highest BCUT2D eigenvalue weighted by molar-refractivity contribution is 7.11. The molecule has 96 valence electrons. The lowest BCUT2D eigenvalue weighted by atomic mass is 9.98. The number of nitrogens with zero attached hydrogens (tertiary/aromatic N) is 1. The molecule has 1 aliphatic carbocycles. The number of benzene rings is 1. The zero-order valence-corrected chi connectivity index (χ0v) is 11.2. The van der Waals surface area contributed by atoms with Gasteiger partial charge >= 0.3 is 0 Å². The molecule has 3 N–H and O–H groups in total. The highest BCUT2D eigenvalue weighted by atomic mass is 32.1. The summed E-state index contributed by atoms with van der Waals surface area (Å²) in [6.45, 7) is 0.705. The number of nitrogens with one attached hydrogen (secondary N) is 1. The van der Waals surface area contributed by atoms with Crippen molar-refractivity contribution >= 4 is 27.4 Å². The number of hydrogen-bond acceptors (Lipinski definition) is 4. The van der Waals surface area contributed by atoms with Crippen LogP contribution in [0, 0.1) is 5.92 Å². The van der Waals surface area contributed by atoms with Gasteiger partial charge in [0, 0.05) is 18.0 Å². The summed E-state index contributed by atoms with van der Waals surface area (Å²) < 4.78 is 4.47. The molecular formula is C14H19N3S. The fourth-order valence-corrected chi connectivity index (χ4v) is 3.71. The summed E-state index contributed by atoms with van der Waals surface area (Å²) in [5, 5.41) is 6.02. The average Bonchev–Trinajstić information content (AvgIpc) is 3.06. The number of aromatic nitrogens is 1. The van der Waals surface area contributed by atoms with Crippen molar-refractivity contribution in [2.24, 2.45) is 11.7 Å². The minimum Gasteiger partial charge on any atom is -0.371 e. The predicted octanol–water partition coefficient (Wildman–Crippen LogP) is 3.23. The van der Waals surface area contributed by atoms with Gasteiger partial charge in [-0.3, -0.25) is 0 Å². The van der Waals surface area contributed by atoms with E-state index in [1.165, 1.54) is 36.1 Å². The summed E-state index contributed by atoms with van der Waals surface area (Å²) in [6, 6.07) is 8.68. The van der Waals surface area contributed by atoms with E-state index in [1.54, 1.807) is 11.5 Å². The first kappa shape index (κ1) is 11.9. The normalized spacial score (nSPS) is 18.3. The summed E-state index contributed by atoms with van der Waals surface area (Å²) in [7, 11) is 0. The van der Waals surface area contributed by atoms with Crippen LogP contribution in [-0.4, -0.2) is 17.0 Å². The van der Waals surface area contributed by atoms with Gasteiger partial charge in [0.25, 0.3) is 0 Å². The van der Waals surface area contributed by atoms with E-state index in [9.17, 15) is 0 Å². The molecule has 0 aliphatic heterocycles. The summed E-state index contributed by atoms with van der Waals surface area (Å²) >= 11 is 1.55. The molecule has 2 aromatic rings. The third-order valence-electron chi connectivity index (χ3n) is 3.92. The van der Waals surface area contributed by atoms with Gasteiger partial charge in [0.05, 0.1) is 5.52 Å². The molecule has 0 amide bonds. The van der Waals surface area contributed by atoms with Crippen LogP contribution < -0.4 is 11.1 Å². The first-order chi connectivity index (χ1) is 8.88. The molecule has 4 heteroatoms. The molecule has 0 spiro atoms. The summed E-state index contributed by atoms with van der Waals surface area (Å²) in [5.41, 5.74) is 7.01. The molecule has 1 saturated carbocycles. The van der Waals surface area contributed by atoms with Crippen molar-refractivity contribution in [3.05, 3.63) is 24.3 Å². The van der Waals surface area contributed by atoms with E-state index in [1.807, 2.05) is 6.07 Å². The lowest BCUT2D eigenvalue weighted by Gasteiger charge is -2.23. The molecule has 1 unspecified atom stereocenters. The molecule has 0 bridgehead atoms. The Hall–Kier alpha value is -1.13. The van der Waals surface area contributed by atoms with Crippen LogP contribution >= 0.6 is 11.5 Å². The van der Waals surface area contributed by atoms with Crippen LogP contribution in [0.5, 0.6) is 0 Å². The average molecular weight is 261 g/mol. The molecule has 3 rings (SSSR count). The topological polar surface area (TPSA) is 50.9 Å². The van der Waals surface area contributed by atoms with Crippen LogP contribution in [-0.2, 0) is 0 Å².